The van der Waals surface area contributed by atoms with Gasteiger partial charge in [-0.2, -0.15) is 5.26 Å². The molecule has 0 radical (unpaired) electrons. The first-order valence-electron chi connectivity index (χ1n) is 7.05. The molecule has 3 unspecified atom stereocenters. The van der Waals surface area contributed by atoms with E-state index >= 15 is 0 Å². The van der Waals surface area contributed by atoms with E-state index in [2.05, 4.69) is 12.6 Å². The van der Waals surface area contributed by atoms with Crippen LogP contribution in [0.4, 0.5) is 0 Å². The van der Waals surface area contributed by atoms with Gasteiger partial charge in [0.1, 0.15) is 0 Å². The van der Waals surface area contributed by atoms with E-state index in [4.69, 9.17) is 9.47 Å². The van der Waals surface area contributed by atoms with Gasteiger partial charge < -0.3 is 9.47 Å². The van der Waals surface area contributed by atoms with Gasteiger partial charge in [0, 0.05) is 12.3 Å². The largest absolute Gasteiger partial charge is 0.347 e. The highest BCUT2D eigenvalue weighted by Gasteiger charge is 2.63. The van der Waals surface area contributed by atoms with Crippen molar-refractivity contribution < 1.29 is 9.47 Å². The van der Waals surface area contributed by atoms with Gasteiger partial charge in [-0.05, 0) is 31.1 Å². The topological polar surface area (TPSA) is 42.2 Å². The van der Waals surface area contributed by atoms with Crippen molar-refractivity contribution in [2.24, 2.45) is 17.3 Å². The predicted octanol–water partition coefficient (Wildman–Crippen LogP) is 3.03. The molecule has 2 saturated carbocycles. The van der Waals surface area contributed by atoms with Crippen molar-refractivity contribution in [3.8, 4) is 6.07 Å². The summed E-state index contributed by atoms with van der Waals surface area (Å²) in [6.07, 6.45) is 8.40. The lowest BCUT2D eigenvalue weighted by Crippen LogP contribution is -2.47. The fraction of sp³-hybridized carbons (Fsp3) is 0.800. The van der Waals surface area contributed by atoms with E-state index in [9.17, 15) is 5.26 Å². The van der Waals surface area contributed by atoms with Gasteiger partial charge in [0.05, 0.1) is 25.2 Å². The molecule has 2 aliphatic carbocycles. The summed E-state index contributed by atoms with van der Waals surface area (Å²) in [6, 6.07) is 2.52. The molecule has 98 valence electrons. The number of allylic oxidation sites excluding steroid dienone is 1. The van der Waals surface area contributed by atoms with Gasteiger partial charge in [0.2, 0.25) is 0 Å². The summed E-state index contributed by atoms with van der Waals surface area (Å²) >= 11 is 0. The molecule has 3 heteroatoms. The van der Waals surface area contributed by atoms with Crippen molar-refractivity contribution in [1.82, 2.24) is 0 Å². The second kappa shape index (κ2) is 4.36. The molecular weight excluding hydrogens is 226 g/mol. The minimum absolute atomic E-state index is 0.0827. The zero-order valence-corrected chi connectivity index (χ0v) is 10.9. The van der Waals surface area contributed by atoms with Gasteiger partial charge in [-0.15, -0.1) is 6.58 Å². The SMILES string of the molecule is C=CCC12CCCC(C#N)C1C1(CC2)OCCO1. The third-order valence-electron chi connectivity index (χ3n) is 5.19. The van der Waals surface area contributed by atoms with Gasteiger partial charge in [-0.25, -0.2) is 0 Å². The van der Waals surface area contributed by atoms with Crippen molar-refractivity contribution in [3.05, 3.63) is 12.7 Å². The minimum atomic E-state index is -0.455. The van der Waals surface area contributed by atoms with Crippen LogP contribution < -0.4 is 0 Å². The molecule has 3 atom stereocenters. The molecule has 0 bridgehead atoms. The van der Waals surface area contributed by atoms with Gasteiger partial charge in [0.15, 0.2) is 5.79 Å². The Morgan fingerprint density at radius 2 is 2.06 bits per heavy atom. The van der Waals surface area contributed by atoms with Crippen LogP contribution in [0, 0.1) is 28.6 Å². The first-order chi connectivity index (χ1) is 8.76. The smallest absolute Gasteiger partial charge is 0.173 e. The molecule has 3 fully saturated rings. The van der Waals surface area contributed by atoms with E-state index in [0.717, 1.165) is 32.1 Å². The van der Waals surface area contributed by atoms with Crippen LogP contribution in [0.1, 0.15) is 38.5 Å². The van der Waals surface area contributed by atoms with Gasteiger partial charge >= 0.3 is 0 Å². The van der Waals surface area contributed by atoms with Crippen LogP contribution in [0.2, 0.25) is 0 Å². The summed E-state index contributed by atoms with van der Waals surface area (Å²) in [7, 11) is 0. The Hall–Kier alpha value is -0.850. The van der Waals surface area contributed by atoms with Crippen molar-refractivity contribution in [2.75, 3.05) is 13.2 Å². The van der Waals surface area contributed by atoms with E-state index in [1.807, 2.05) is 6.08 Å². The Balaban J connectivity index is 1.98. The highest BCUT2D eigenvalue weighted by molar-refractivity contribution is 5.13. The minimum Gasteiger partial charge on any atom is -0.347 e. The number of rotatable bonds is 2. The van der Waals surface area contributed by atoms with E-state index in [1.165, 1.54) is 6.42 Å². The van der Waals surface area contributed by atoms with Crippen LogP contribution in [-0.2, 0) is 9.47 Å². The maximum Gasteiger partial charge on any atom is 0.173 e. The van der Waals surface area contributed by atoms with E-state index < -0.39 is 5.79 Å². The molecule has 18 heavy (non-hydrogen) atoms. The molecule has 3 rings (SSSR count). The van der Waals surface area contributed by atoms with Gasteiger partial charge in [-0.3, -0.25) is 0 Å². The quantitative estimate of drug-likeness (QED) is 0.704. The predicted molar refractivity (Wildman–Crippen MR) is 67.6 cm³/mol. The van der Waals surface area contributed by atoms with Crippen LogP contribution in [0.3, 0.4) is 0 Å². The van der Waals surface area contributed by atoms with Crippen LogP contribution in [0.5, 0.6) is 0 Å². The third-order valence-corrected chi connectivity index (χ3v) is 5.19. The van der Waals surface area contributed by atoms with Crippen LogP contribution in [0.25, 0.3) is 0 Å². The average Bonchev–Trinajstić information content (AvgIpc) is 2.98. The second-order valence-electron chi connectivity index (χ2n) is 5.97. The Kier molecular flexibility index (Phi) is 2.96. The standard InChI is InChI=1S/C15H21NO2/c1-2-5-14-6-3-4-12(11-16)13(14)15(8-7-14)17-9-10-18-15/h2,12-13H,1,3-10H2. The summed E-state index contributed by atoms with van der Waals surface area (Å²) in [5, 5.41) is 9.48. The monoisotopic (exact) mass is 247 g/mol. The first kappa shape index (κ1) is 12.2. The number of nitriles is 1. The maximum absolute atomic E-state index is 9.48. The van der Waals surface area contributed by atoms with Gasteiger partial charge in [-0.1, -0.05) is 12.5 Å². The highest BCUT2D eigenvalue weighted by Crippen LogP contribution is 2.62. The molecule has 0 N–H and O–H groups in total. The molecule has 0 aromatic rings. The normalized spacial score (nSPS) is 41.5. The van der Waals surface area contributed by atoms with Crippen LogP contribution >= 0.6 is 0 Å². The molecule has 0 amide bonds. The first-order valence-corrected chi connectivity index (χ1v) is 7.05. The summed E-state index contributed by atoms with van der Waals surface area (Å²) in [4.78, 5) is 0. The molecular formula is C15H21NO2. The average molecular weight is 247 g/mol. The lowest BCUT2D eigenvalue weighted by atomic mass is 9.61. The Morgan fingerprint density at radius 1 is 1.28 bits per heavy atom. The summed E-state index contributed by atoms with van der Waals surface area (Å²) < 4.78 is 11.9. The second-order valence-corrected chi connectivity index (χ2v) is 5.97. The van der Waals surface area contributed by atoms with Crippen molar-refractivity contribution in [3.63, 3.8) is 0 Å². The van der Waals surface area contributed by atoms with Crippen LogP contribution in [-0.4, -0.2) is 19.0 Å². The molecule has 0 aromatic heterocycles. The van der Waals surface area contributed by atoms with Crippen LogP contribution in [0.15, 0.2) is 12.7 Å². The fourth-order valence-electron chi connectivity index (χ4n) is 4.61. The zero-order valence-electron chi connectivity index (χ0n) is 10.9. The van der Waals surface area contributed by atoms with E-state index in [0.29, 0.717) is 13.2 Å². The summed E-state index contributed by atoms with van der Waals surface area (Å²) in [5.74, 6) is -0.132. The number of hydrogen-bond donors (Lipinski definition) is 0. The molecule has 1 spiro atoms. The molecule has 3 aliphatic rings. The Bertz CT molecular complexity index is 380. The fourth-order valence-corrected chi connectivity index (χ4v) is 4.61. The summed E-state index contributed by atoms with van der Waals surface area (Å²) in [6.45, 7) is 5.27. The number of hydrogen-bond acceptors (Lipinski definition) is 3. The Labute approximate surface area is 109 Å². The lowest BCUT2D eigenvalue weighted by molar-refractivity contribution is -0.208. The molecule has 0 aromatic carbocycles. The number of nitrogens with zero attached hydrogens (tertiary/aromatic N) is 1. The maximum atomic E-state index is 9.48. The van der Waals surface area contributed by atoms with Gasteiger partial charge in [0.25, 0.3) is 0 Å². The van der Waals surface area contributed by atoms with E-state index in [-0.39, 0.29) is 17.3 Å². The lowest BCUT2D eigenvalue weighted by Gasteiger charge is -2.45. The zero-order chi connectivity index (χ0) is 12.6. The Morgan fingerprint density at radius 3 is 2.72 bits per heavy atom. The number of ether oxygens (including phenoxy) is 2. The molecule has 1 aliphatic heterocycles. The van der Waals surface area contributed by atoms with E-state index in [1.54, 1.807) is 0 Å². The van der Waals surface area contributed by atoms with Crippen molar-refractivity contribution in [1.29, 1.82) is 5.26 Å². The number of fused-ring (bicyclic) bond motifs is 2. The van der Waals surface area contributed by atoms with Crippen molar-refractivity contribution in [2.45, 2.75) is 44.3 Å². The summed E-state index contributed by atoms with van der Waals surface area (Å²) in [5.41, 5.74) is 0.199. The molecule has 1 saturated heterocycles. The highest BCUT2D eigenvalue weighted by atomic mass is 16.7. The van der Waals surface area contributed by atoms with Crippen molar-refractivity contribution >= 4 is 0 Å². The third kappa shape index (κ3) is 1.56. The molecule has 1 heterocycles. The molecule has 3 nitrogen and oxygen atoms in total.